The van der Waals surface area contributed by atoms with E-state index in [1.807, 2.05) is 0 Å². The molecule has 0 saturated carbocycles. The van der Waals surface area contributed by atoms with Crippen molar-refractivity contribution in [1.29, 1.82) is 0 Å². The highest BCUT2D eigenvalue weighted by atomic mass is 16.2. The summed E-state index contributed by atoms with van der Waals surface area (Å²) >= 11 is 0. The summed E-state index contributed by atoms with van der Waals surface area (Å²) in [5.74, 6) is 0.144. The van der Waals surface area contributed by atoms with Gasteiger partial charge in [-0.05, 0) is 23.2 Å². The molecule has 0 radical (unpaired) electrons. The Morgan fingerprint density at radius 3 is 2.87 bits per heavy atom. The highest BCUT2D eigenvalue weighted by molar-refractivity contribution is 5.79. The topological polar surface area (TPSA) is 49.7 Å². The van der Waals surface area contributed by atoms with Gasteiger partial charge in [-0.15, -0.1) is 4.91 Å². The zero-order valence-corrected chi connectivity index (χ0v) is 8.72. The third-order valence-corrected chi connectivity index (χ3v) is 2.55. The summed E-state index contributed by atoms with van der Waals surface area (Å²) in [6.07, 6.45) is 7.56. The van der Waals surface area contributed by atoms with Crippen molar-refractivity contribution in [2.75, 3.05) is 7.05 Å². The fraction of sp³-hybridized carbons (Fsp3) is 0.364. The number of amides is 1. The third kappa shape index (κ3) is 2.62. The van der Waals surface area contributed by atoms with Crippen LogP contribution in [0.1, 0.15) is 12.8 Å². The molecule has 1 atom stereocenters. The summed E-state index contributed by atoms with van der Waals surface area (Å²) < 4.78 is 0. The normalized spacial score (nSPS) is 22.5. The number of likely N-dealkylation sites (tertiary alicyclic amines) is 1. The number of rotatable bonds is 4. The maximum Gasteiger partial charge on any atom is 0.222 e. The molecule has 4 nitrogen and oxygen atoms in total. The Hall–Kier alpha value is -1.71. The van der Waals surface area contributed by atoms with Crippen LogP contribution < -0.4 is 0 Å². The van der Waals surface area contributed by atoms with Gasteiger partial charge >= 0.3 is 0 Å². The molecule has 0 aromatic heterocycles. The van der Waals surface area contributed by atoms with Gasteiger partial charge in [0.25, 0.3) is 0 Å². The fourth-order valence-corrected chi connectivity index (χ4v) is 1.70. The number of carbonyl (C=O) groups excluding carboxylic acids is 1. The van der Waals surface area contributed by atoms with E-state index in [0.717, 1.165) is 12.0 Å². The molecule has 0 N–H and O–H groups in total. The minimum absolute atomic E-state index is 0.0753. The number of hydrogen-bond donors (Lipinski definition) is 0. The van der Waals surface area contributed by atoms with Gasteiger partial charge in [-0.1, -0.05) is 18.7 Å². The van der Waals surface area contributed by atoms with Gasteiger partial charge in [-0.3, -0.25) is 4.79 Å². The molecule has 1 saturated heterocycles. The number of carbonyl (C=O) groups is 1. The molecule has 0 spiro atoms. The van der Waals surface area contributed by atoms with Crippen molar-refractivity contribution in [2.24, 2.45) is 5.18 Å². The van der Waals surface area contributed by atoms with E-state index in [0.29, 0.717) is 6.42 Å². The van der Waals surface area contributed by atoms with Crippen LogP contribution in [0.4, 0.5) is 0 Å². The lowest BCUT2D eigenvalue weighted by atomic mass is 10.0. The highest BCUT2D eigenvalue weighted by Gasteiger charge is 2.28. The van der Waals surface area contributed by atoms with Crippen molar-refractivity contribution in [3.05, 3.63) is 41.5 Å². The van der Waals surface area contributed by atoms with Crippen LogP contribution in [-0.2, 0) is 4.79 Å². The maximum atomic E-state index is 11.3. The minimum Gasteiger partial charge on any atom is -0.339 e. The Labute approximate surface area is 88.9 Å². The molecular formula is C11H14N2O2. The first kappa shape index (κ1) is 11.4. The first-order valence-corrected chi connectivity index (χ1v) is 4.78. The van der Waals surface area contributed by atoms with Crippen LogP contribution in [0.25, 0.3) is 0 Å². The van der Waals surface area contributed by atoms with Crippen LogP contribution in [0.3, 0.4) is 0 Å². The second kappa shape index (κ2) is 5.24. The van der Waals surface area contributed by atoms with E-state index in [1.165, 1.54) is 6.20 Å². The molecule has 4 heteroatoms. The van der Waals surface area contributed by atoms with Gasteiger partial charge in [0.1, 0.15) is 0 Å². The van der Waals surface area contributed by atoms with Crippen molar-refractivity contribution in [3.8, 4) is 0 Å². The summed E-state index contributed by atoms with van der Waals surface area (Å²) in [4.78, 5) is 22.9. The summed E-state index contributed by atoms with van der Waals surface area (Å²) in [5, 5.41) is 2.61. The van der Waals surface area contributed by atoms with Crippen molar-refractivity contribution < 1.29 is 4.79 Å². The van der Waals surface area contributed by atoms with Crippen LogP contribution in [0.15, 0.2) is 41.8 Å². The molecule has 1 fully saturated rings. The van der Waals surface area contributed by atoms with Crippen LogP contribution in [-0.4, -0.2) is 23.9 Å². The highest BCUT2D eigenvalue weighted by Crippen LogP contribution is 2.23. The molecule has 1 rings (SSSR count). The van der Waals surface area contributed by atoms with Gasteiger partial charge < -0.3 is 4.90 Å². The molecule has 80 valence electrons. The minimum atomic E-state index is 0.0753. The Morgan fingerprint density at radius 1 is 1.67 bits per heavy atom. The van der Waals surface area contributed by atoms with Crippen LogP contribution in [0.5, 0.6) is 0 Å². The lowest BCUT2D eigenvalue weighted by molar-refractivity contribution is -0.127. The van der Waals surface area contributed by atoms with Crippen molar-refractivity contribution in [1.82, 2.24) is 4.90 Å². The summed E-state index contributed by atoms with van der Waals surface area (Å²) in [6, 6.07) is 0.0753. The molecule has 0 aliphatic carbocycles. The summed E-state index contributed by atoms with van der Waals surface area (Å²) in [6.45, 7) is 3.69. The summed E-state index contributed by atoms with van der Waals surface area (Å²) in [5.41, 5.74) is 0.934. The molecule has 1 unspecified atom stereocenters. The number of likely N-dealkylation sites (N-methyl/N-ethyl adjacent to an activating group) is 1. The lowest BCUT2D eigenvalue weighted by Crippen LogP contribution is -2.29. The SMILES string of the molecule is C=C/C(=C\C=C/N=O)C1CCC(=O)N1C. The quantitative estimate of drug-likeness (QED) is 0.521. The molecule has 0 bridgehead atoms. The average Bonchev–Trinajstić information content (AvgIpc) is 2.56. The van der Waals surface area contributed by atoms with Crippen LogP contribution in [0, 0.1) is 4.91 Å². The van der Waals surface area contributed by atoms with E-state index >= 15 is 0 Å². The molecule has 1 heterocycles. The van der Waals surface area contributed by atoms with Crippen molar-refractivity contribution >= 4 is 5.91 Å². The van der Waals surface area contributed by atoms with E-state index in [9.17, 15) is 9.70 Å². The number of allylic oxidation sites excluding steroid dienone is 2. The molecule has 1 aliphatic heterocycles. The van der Waals surface area contributed by atoms with E-state index in [2.05, 4.69) is 11.8 Å². The van der Waals surface area contributed by atoms with E-state index in [1.54, 1.807) is 30.2 Å². The first-order chi connectivity index (χ1) is 7.20. The maximum absolute atomic E-state index is 11.3. The monoisotopic (exact) mass is 206 g/mol. The number of nitroso groups, excluding NO2 is 1. The predicted molar refractivity (Wildman–Crippen MR) is 59.0 cm³/mol. The van der Waals surface area contributed by atoms with E-state index in [4.69, 9.17) is 0 Å². The largest absolute Gasteiger partial charge is 0.339 e. The Morgan fingerprint density at radius 2 is 2.40 bits per heavy atom. The van der Waals surface area contributed by atoms with Gasteiger partial charge in [-0.25, -0.2) is 0 Å². The Balaban J connectivity index is 2.79. The van der Waals surface area contributed by atoms with E-state index < -0.39 is 0 Å². The van der Waals surface area contributed by atoms with Gasteiger partial charge in [-0.2, -0.15) is 0 Å². The van der Waals surface area contributed by atoms with Crippen LogP contribution in [0.2, 0.25) is 0 Å². The zero-order valence-electron chi connectivity index (χ0n) is 8.72. The van der Waals surface area contributed by atoms with E-state index in [-0.39, 0.29) is 11.9 Å². The average molecular weight is 206 g/mol. The molecule has 15 heavy (non-hydrogen) atoms. The number of nitrogens with zero attached hydrogens (tertiary/aromatic N) is 2. The lowest BCUT2D eigenvalue weighted by Gasteiger charge is -2.20. The second-order valence-electron chi connectivity index (χ2n) is 3.38. The summed E-state index contributed by atoms with van der Waals surface area (Å²) in [7, 11) is 1.78. The molecular weight excluding hydrogens is 192 g/mol. The van der Waals surface area contributed by atoms with Gasteiger partial charge in [0.2, 0.25) is 5.91 Å². The van der Waals surface area contributed by atoms with Gasteiger partial charge in [0.05, 0.1) is 12.2 Å². The molecule has 1 aliphatic rings. The third-order valence-electron chi connectivity index (χ3n) is 2.55. The Kier molecular flexibility index (Phi) is 3.97. The Bertz CT molecular complexity index is 331. The smallest absolute Gasteiger partial charge is 0.222 e. The number of hydrogen-bond acceptors (Lipinski definition) is 3. The molecule has 1 amide bonds. The van der Waals surface area contributed by atoms with Gasteiger partial charge in [0.15, 0.2) is 0 Å². The van der Waals surface area contributed by atoms with Crippen LogP contribution >= 0.6 is 0 Å². The molecule has 0 aromatic carbocycles. The van der Waals surface area contributed by atoms with Crippen molar-refractivity contribution in [2.45, 2.75) is 18.9 Å². The second-order valence-corrected chi connectivity index (χ2v) is 3.38. The zero-order chi connectivity index (χ0) is 11.3. The predicted octanol–water partition coefficient (Wildman–Crippen LogP) is 2.00. The molecule has 0 aromatic rings. The fourth-order valence-electron chi connectivity index (χ4n) is 1.70. The van der Waals surface area contributed by atoms with Crippen molar-refractivity contribution in [3.63, 3.8) is 0 Å². The van der Waals surface area contributed by atoms with Gasteiger partial charge in [0, 0.05) is 13.5 Å². The first-order valence-electron chi connectivity index (χ1n) is 4.78. The standard InChI is InChI=1S/C11H14N2O2/c1-3-9(5-4-8-12-15)10-6-7-11(14)13(10)2/h3-5,8,10H,1,6-7H2,2H3/b8-4-,9-5+.